The van der Waals surface area contributed by atoms with Crippen LogP contribution in [0.4, 0.5) is 11.4 Å². The van der Waals surface area contributed by atoms with Crippen LogP contribution < -0.4 is 9.62 Å². The molecule has 1 aromatic heterocycles. The van der Waals surface area contributed by atoms with Gasteiger partial charge in [0.2, 0.25) is 11.7 Å². The third kappa shape index (κ3) is 4.23. The molecule has 0 saturated heterocycles. The van der Waals surface area contributed by atoms with Gasteiger partial charge in [-0.1, -0.05) is 41.6 Å². The van der Waals surface area contributed by atoms with E-state index in [1.54, 1.807) is 61.5 Å². The van der Waals surface area contributed by atoms with Crippen LogP contribution in [0.2, 0.25) is 0 Å². The molecular formula is C23H20N4O4S. The summed E-state index contributed by atoms with van der Waals surface area (Å²) in [7, 11) is -2.38. The topological polar surface area (TPSA) is 105 Å². The number of sulfonamides is 1. The molecule has 0 bridgehead atoms. The van der Waals surface area contributed by atoms with Gasteiger partial charge in [0.05, 0.1) is 16.3 Å². The van der Waals surface area contributed by atoms with Crippen LogP contribution in [0.5, 0.6) is 0 Å². The average Bonchev–Trinajstić information content (AvgIpc) is 3.25. The highest BCUT2D eigenvalue weighted by Crippen LogP contribution is 2.27. The van der Waals surface area contributed by atoms with Crippen LogP contribution in [0.1, 0.15) is 16.2 Å². The van der Waals surface area contributed by atoms with E-state index in [1.807, 2.05) is 6.07 Å². The Kier molecular flexibility index (Phi) is 5.74. The molecule has 0 fully saturated rings. The molecule has 162 valence electrons. The first-order valence-corrected chi connectivity index (χ1v) is 11.2. The maximum atomic E-state index is 13.1. The number of amides is 1. The van der Waals surface area contributed by atoms with Gasteiger partial charge in [-0.05, 0) is 42.5 Å². The monoisotopic (exact) mass is 448 g/mol. The minimum Gasteiger partial charge on any atom is -0.339 e. The van der Waals surface area contributed by atoms with Crippen molar-refractivity contribution in [3.63, 3.8) is 0 Å². The number of aryl methyl sites for hydroxylation is 1. The Labute approximate surface area is 185 Å². The summed E-state index contributed by atoms with van der Waals surface area (Å²) in [5.74, 6) is 0.290. The molecule has 3 aromatic carbocycles. The number of carbonyl (C=O) groups is 1. The third-order valence-electron chi connectivity index (χ3n) is 4.82. The van der Waals surface area contributed by atoms with Gasteiger partial charge in [0.15, 0.2) is 0 Å². The highest BCUT2D eigenvalue weighted by atomic mass is 32.2. The molecule has 0 unspecified atom stereocenters. The number of carbonyl (C=O) groups excluding carboxylic acids is 1. The van der Waals surface area contributed by atoms with Gasteiger partial charge in [0.25, 0.3) is 15.9 Å². The third-order valence-corrected chi connectivity index (χ3v) is 6.60. The molecule has 0 aliphatic carbocycles. The lowest BCUT2D eigenvalue weighted by atomic mass is 10.1. The Bertz CT molecular complexity index is 1370. The van der Waals surface area contributed by atoms with Gasteiger partial charge < -0.3 is 9.84 Å². The molecule has 1 N–H and O–H groups in total. The van der Waals surface area contributed by atoms with E-state index in [9.17, 15) is 13.2 Å². The number of para-hydroxylation sites is 2. The van der Waals surface area contributed by atoms with E-state index in [-0.39, 0.29) is 10.5 Å². The molecule has 0 radical (unpaired) electrons. The van der Waals surface area contributed by atoms with Crippen LogP contribution in [0.25, 0.3) is 11.4 Å². The van der Waals surface area contributed by atoms with Crippen molar-refractivity contribution < 1.29 is 17.7 Å². The number of hydrogen-bond donors (Lipinski definition) is 1. The van der Waals surface area contributed by atoms with E-state index < -0.39 is 15.9 Å². The highest BCUT2D eigenvalue weighted by molar-refractivity contribution is 7.92. The van der Waals surface area contributed by atoms with Crippen LogP contribution in [-0.4, -0.2) is 31.5 Å². The standard InChI is InChI=1S/C23H20N4O4S/c1-16-24-22(26-31-16)20-13-6-7-14-21(20)25-23(28)17-9-8-12-19(15-17)32(29,30)27(2)18-10-4-3-5-11-18/h3-15H,1-2H3,(H,25,28). The number of rotatable bonds is 6. The first-order valence-electron chi connectivity index (χ1n) is 9.71. The van der Waals surface area contributed by atoms with Crippen LogP contribution in [0.15, 0.2) is 88.3 Å². The molecule has 9 heteroatoms. The molecule has 8 nitrogen and oxygen atoms in total. The fraction of sp³-hybridized carbons (Fsp3) is 0.0870. The van der Waals surface area contributed by atoms with Crippen molar-refractivity contribution in [3.8, 4) is 11.4 Å². The largest absolute Gasteiger partial charge is 0.339 e. The van der Waals surface area contributed by atoms with E-state index in [0.29, 0.717) is 28.7 Å². The van der Waals surface area contributed by atoms with Crippen LogP contribution >= 0.6 is 0 Å². The smallest absolute Gasteiger partial charge is 0.264 e. The van der Waals surface area contributed by atoms with E-state index in [2.05, 4.69) is 15.5 Å². The molecular weight excluding hydrogens is 428 g/mol. The Morgan fingerprint density at radius 3 is 2.41 bits per heavy atom. The average molecular weight is 449 g/mol. The van der Waals surface area contributed by atoms with E-state index in [4.69, 9.17) is 4.52 Å². The predicted molar refractivity (Wildman–Crippen MR) is 121 cm³/mol. The molecule has 0 saturated carbocycles. The number of hydrogen-bond acceptors (Lipinski definition) is 6. The van der Waals surface area contributed by atoms with Crippen molar-refractivity contribution in [1.29, 1.82) is 0 Å². The van der Waals surface area contributed by atoms with E-state index in [1.165, 1.54) is 29.6 Å². The Morgan fingerprint density at radius 2 is 1.69 bits per heavy atom. The zero-order chi connectivity index (χ0) is 22.7. The Hall–Kier alpha value is -3.98. The van der Waals surface area contributed by atoms with Crippen LogP contribution in [-0.2, 0) is 10.0 Å². The lowest BCUT2D eigenvalue weighted by molar-refractivity contribution is 0.102. The lowest BCUT2D eigenvalue weighted by Gasteiger charge is -2.19. The van der Waals surface area contributed by atoms with Crippen molar-refractivity contribution in [2.75, 3.05) is 16.7 Å². The predicted octanol–water partition coefficient (Wildman–Crippen LogP) is 4.12. The second kappa shape index (κ2) is 8.64. The quantitative estimate of drug-likeness (QED) is 0.476. The molecule has 4 rings (SSSR count). The van der Waals surface area contributed by atoms with Crippen molar-refractivity contribution in [2.45, 2.75) is 11.8 Å². The molecule has 1 heterocycles. The summed E-state index contributed by atoms with van der Waals surface area (Å²) in [6.45, 7) is 1.68. The normalized spacial score (nSPS) is 11.2. The van der Waals surface area contributed by atoms with Gasteiger partial charge >= 0.3 is 0 Å². The summed E-state index contributed by atoms with van der Waals surface area (Å²) in [5, 5.41) is 6.70. The number of nitrogens with one attached hydrogen (secondary N) is 1. The van der Waals surface area contributed by atoms with Gasteiger partial charge in [-0.25, -0.2) is 8.42 Å². The fourth-order valence-electron chi connectivity index (χ4n) is 3.12. The van der Waals surface area contributed by atoms with Crippen molar-refractivity contribution in [3.05, 3.63) is 90.3 Å². The van der Waals surface area contributed by atoms with Crippen LogP contribution in [0.3, 0.4) is 0 Å². The summed E-state index contributed by atoms with van der Waals surface area (Å²) >= 11 is 0. The maximum absolute atomic E-state index is 13.1. The summed E-state index contributed by atoms with van der Waals surface area (Å²) in [6, 6.07) is 21.7. The second-order valence-corrected chi connectivity index (χ2v) is 8.94. The van der Waals surface area contributed by atoms with Gasteiger partial charge in [-0.3, -0.25) is 9.10 Å². The van der Waals surface area contributed by atoms with Gasteiger partial charge in [-0.15, -0.1) is 0 Å². The number of benzene rings is 3. The minimum atomic E-state index is -3.85. The van der Waals surface area contributed by atoms with Crippen molar-refractivity contribution in [2.24, 2.45) is 0 Å². The molecule has 0 atom stereocenters. The van der Waals surface area contributed by atoms with Crippen molar-refractivity contribution in [1.82, 2.24) is 10.1 Å². The fourth-order valence-corrected chi connectivity index (χ4v) is 4.36. The molecule has 1 amide bonds. The first kappa shape index (κ1) is 21.3. The van der Waals surface area contributed by atoms with Crippen molar-refractivity contribution >= 4 is 27.3 Å². The Morgan fingerprint density at radius 1 is 0.969 bits per heavy atom. The molecule has 0 aliphatic rings. The zero-order valence-electron chi connectivity index (χ0n) is 17.4. The van der Waals surface area contributed by atoms with Gasteiger partial charge in [-0.2, -0.15) is 4.98 Å². The summed E-state index contributed by atoms with van der Waals surface area (Å²) in [4.78, 5) is 17.2. The SMILES string of the molecule is Cc1nc(-c2ccccc2NC(=O)c2cccc(S(=O)(=O)N(C)c3ccccc3)c2)no1. The first-order chi connectivity index (χ1) is 15.4. The number of anilines is 2. The number of aromatic nitrogens is 2. The molecule has 32 heavy (non-hydrogen) atoms. The highest BCUT2D eigenvalue weighted by Gasteiger charge is 2.22. The van der Waals surface area contributed by atoms with Gasteiger partial charge in [0.1, 0.15) is 0 Å². The number of nitrogens with zero attached hydrogens (tertiary/aromatic N) is 3. The second-order valence-electron chi connectivity index (χ2n) is 6.97. The minimum absolute atomic E-state index is 0.0126. The summed E-state index contributed by atoms with van der Waals surface area (Å²) in [6.07, 6.45) is 0. The molecule has 0 spiro atoms. The maximum Gasteiger partial charge on any atom is 0.264 e. The zero-order valence-corrected chi connectivity index (χ0v) is 18.2. The van der Waals surface area contributed by atoms with Crippen LogP contribution in [0, 0.1) is 6.92 Å². The summed E-state index contributed by atoms with van der Waals surface area (Å²) in [5.41, 5.74) is 1.79. The van der Waals surface area contributed by atoms with E-state index in [0.717, 1.165) is 0 Å². The molecule has 0 aliphatic heterocycles. The lowest BCUT2D eigenvalue weighted by Crippen LogP contribution is -2.26. The molecule has 4 aromatic rings. The Balaban J connectivity index is 1.62. The van der Waals surface area contributed by atoms with Gasteiger partial charge in [0, 0.05) is 25.1 Å². The van der Waals surface area contributed by atoms with E-state index >= 15 is 0 Å². The summed E-state index contributed by atoms with van der Waals surface area (Å²) < 4.78 is 32.4.